The monoisotopic (exact) mass is 1920 g/mol. The van der Waals surface area contributed by atoms with E-state index < -0.39 is 320 Å². The quantitative estimate of drug-likeness (QED) is 0.0244. The summed E-state index contributed by atoms with van der Waals surface area (Å²) in [5.41, 5.74) is -29.2. The van der Waals surface area contributed by atoms with Gasteiger partial charge in [-0.05, 0) is 152 Å². The molecular formula is C95H38F30N8O4. The number of carbonyl (C=O) groups is 2. The van der Waals surface area contributed by atoms with E-state index in [1.165, 1.54) is 24.3 Å². The molecule has 18 rings (SSSR count). The number of benzene rings is 8. The van der Waals surface area contributed by atoms with Crippen LogP contribution in [0.25, 0.3) is 182 Å². The summed E-state index contributed by atoms with van der Waals surface area (Å²) in [7, 11) is 0. The molecule has 6 aromatic heterocycles. The number of hydrogen-bond acceptors (Lipinski definition) is 8. The molecule has 0 unspecified atom stereocenters. The number of rotatable bonds is 16. The minimum absolute atomic E-state index is 0.0480. The second kappa shape index (κ2) is 34.7. The SMILES string of the molecule is O=C(OCCCCCOC(=O)c1ccc(-c2c3nc(c(-c4c(F)c(F)c(F)c(F)c4F)c4ccc([nH]4)c(-c4c(F)c(F)c(F)c(F)c4F)c4nc(c(-c5c(F)c(F)c(F)c(F)c5F)c5ccc2[nH]5)C=C4)C=C3)cc1)c1ccc(-c2c3nc(c(-c4c(F)c(F)c(F)c(F)c4F)c4ccc([nH]4)c(-c4c(F)c(F)c(F)c(F)c4F)c4nc(c(-c5c(F)c(F)c(F)c(F)c5F)c5ccc2[nH]5)C=C4)C=C3)cc1. The average molecular weight is 1930 g/mol. The Labute approximate surface area is 742 Å². The van der Waals surface area contributed by atoms with Crippen molar-refractivity contribution in [3.05, 3.63) is 328 Å². The molecule has 8 aromatic carbocycles. The number of nitrogens with zero attached hydrogens (tertiary/aromatic N) is 4. The summed E-state index contributed by atoms with van der Waals surface area (Å²) in [5.74, 6) is -79.0. The first-order chi connectivity index (χ1) is 65.3. The molecule has 0 saturated heterocycles. The van der Waals surface area contributed by atoms with E-state index in [0.717, 1.165) is 109 Å². The lowest BCUT2D eigenvalue weighted by Crippen LogP contribution is -2.08. The Morgan fingerprint density at radius 1 is 0.182 bits per heavy atom. The molecule has 0 amide bonds. The maximum absolute atomic E-state index is 16.3. The third-order valence-corrected chi connectivity index (χ3v) is 22.3. The summed E-state index contributed by atoms with van der Waals surface area (Å²) >= 11 is 0. The molecule has 0 aliphatic carbocycles. The zero-order valence-corrected chi connectivity index (χ0v) is 67.2. The number of halogens is 30. The summed E-state index contributed by atoms with van der Waals surface area (Å²) < 4.78 is 479. The topological polar surface area (TPSA) is 167 Å². The van der Waals surface area contributed by atoms with E-state index in [1.807, 2.05) is 0 Å². The zero-order chi connectivity index (χ0) is 97.7. The second-order valence-electron chi connectivity index (χ2n) is 30.2. The van der Waals surface area contributed by atoms with Crippen LogP contribution in [0.1, 0.15) is 85.5 Å². The molecule has 4 aliphatic rings. The minimum atomic E-state index is -2.70. The Hall–Kier alpha value is -16.2. The molecule has 16 bridgehead atoms. The van der Waals surface area contributed by atoms with Crippen molar-refractivity contribution < 1.29 is 151 Å². The molecule has 4 aliphatic heterocycles. The van der Waals surface area contributed by atoms with Gasteiger partial charge in [0.25, 0.3) is 0 Å². The second-order valence-corrected chi connectivity index (χ2v) is 30.2. The maximum Gasteiger partial charge on any atom is 0.338 e. The molecule has 12 nitrogen and oxygen atoms in total. The van der Waals surface area contributed by atoms with Gasteiger partial charge in [-0.1, -0.05) is 24.3 Å². The highest BCUT2D eigenvalue weighted by Gasteiger charge is 2.39. The number of aromatic nitrogens is 8. The standard InChI is InChI=1S/C95H38F30N8O4/c96-64-58(65(97)77(109)88(120)76(64)108)52-38-16-12-34(126-38)50(35-13-17-39(127-35)53(59-66(98)78(110)89(121)79(111)67(59)99)43-21-25-47(131-43)56(46-24-20-42(52)130-46)62-72(104)84(116)92(124)85(117)73(62)105)30-4-8-32(9-5-30)94(134)136-28-2-1-3-29-137-95(135)33-10-6-31(7-11-33)51-36-14-18-40(128-36)54(60-68(100)80(112)90(122)81(113)69(60)101)44-22-26-48(132-44)57(63-74(106)86(118)93(125)87(119)75(63)107)49-27-23-45(133-49)55(41-19-15-37(51)129-41)61-70(102)82(114)91(123)83(115)71(61)103/h4-27,126,128,131,133H,1-3,28-29H2. The predicted molar refractivity (Wildman–Crippen MR) is 434 cm³/mol. The van der Waals surface area contributed by atoms with E-state index in [0.29, 0.717) is 12.2 Å². The third-order valence-electron chi connectivity index (χ3n) is 22.3. The van der Waals surface area contributed by atoms with E-state index in [9.17, 15) is 35.9 Å². The first kappa shape index (κ1) is 91.3. The van der Waals surface area contributed by atoms with Crippen molar-refractivity contribution in [2.75, 3.05) is 13.2 Å². The third kappa shape index (κ3) is 14.9. The number of hydrogen-bond donors (Lipinski definition) is 4. The number of esters is 2. The predicted octanol–water partition coefficient (Wildman–Crippen LogP) is 27.3. The van der Waals surface area contributed by atoms with Gasteiger partial charge < -0.3 is 29.4 Å². The van der Waals surface area contributed by atoms with Gasteiger partial charge in [-0.3, -0.25) is 0 Å². The summed E-state index contributed by atoms with van der Waals surface area (Å²) in [4.78, 5) is 54.9. The molecule has 0 radical (unpaired) electrons. The smallest absolute Gasteiger partial charge is 0.338 e. The van der Waals surface area contributed by atoms with Crippen LogP contribution < -0.4 is 0 Å². The number of unbranched alkanes of at least 4 members (excludes halogenated alkanes) is 2. The largest absolute Gasteiger partial charge is 0.462 e. The fraction of sp³-hybridized carbons (Fsp3) is 0.0526. The van der Waals surface area contributed by atoms with Crippen LogP contribution in [0, 0.1) is 175 Å². The average Bonchev–Trinajstić information content (AvgIpc) is 1.61. The molecule has 4 N–H and O–H groups in total. The van der Waals surface area contributed by atoms with Gasteiger partial charge in [0, 0.05) is 88.6 Å². The lowest BCUT2D eigenvalue weighted by atomic mass is 10.0. The van der Waals surface area contributed by atoms with E-state index in [4.69, 9.17) is 9.47 Å². The van der Waals surface area contributed by atoms with Gasteiger partial charge in [-0.2, -0.15) is 0 Å². The lowest BCUT2D eigenvalue weighted by Gasteiger charge is -2.11. The van der Waals surface area contributed by atoms with Crippen LogP contribution in [0.4, 0.5) is 132 Å². The molecule has 14 aromatic rings. The molecule has 0 atom stereocenters. The van der Waals surface area contributed by atoms with E-state index in [2.05, 4.69) is 39.9 Å². The Balaban J connectivity index is 0.654. The van der Waals surface area contributed by atoms with Crippen LogP contribution in [-0.2, 0) is 9.47 Å². The molecular weight excluding hydrogens is 1890 g/mol. The molecule has 42 heteroatoms. The number of carbonyl (C=O) groups excluding carboxylic acids is 2. The van der Waals surface area contributed by atoms with Gasteiger partial charge >= 0.3 is 11.9 Å². The van der Waals surface area contributed by atoms with Crippen molar-refractivity contribution >= 4 is 105 Å². The Morgan fingerprint density at radius 2 is 0.328 bits per heavy atom. The molecule has 10 heterocycles. The van der Waals surface area contributed by atoms with Gasteiger partial charge in [0.2, 0.25) is 34.9 Å². The Morgan fingerprint density at radius 3 is 0.496 bits per heavy atom. The van der Waals surface area contributed by atoms with E-state index >= 15 is 105 Å². The van der Waals surface area contributed by atoms with Gasteiger partial charge in [-0.25, -0.2) is 161 Å². The highest BCUT2D eigenvalue weighted by Crippen LogP contribution is 2.49. The van der Waals surface area contributed by atoms with Gasteiger partial charge in [0.1, 0.15) is 0 Å². The van der Waals surface area contributed by atoms with Crippen LogP contribution >= 0.6 is 0 Å². The van der Waals surface area contributed by atoms with Crippen molar-refractivity contribution in [1.29, 1.82) is 0 Å². The highest BCUT2D eigenvalue weighted by molar-refractivity contribution is 6.04. The lowest BCUT2D eigenvalue weighted by molar-refractivity contribution is 0.0477. The molecule has 0 saturated carbocycles. The van der Waals surface area contributed by atoms with Crippen LogP contribution in [0.2, 0.25) is 0 Å². The van der Waals surface area contributed by atoms with E-state index in [1.54, 1.807) is 0 Å². The summed E-state index contributed by atoms with van der Waals surface area (Å²) in [6, 6.07) is 16.6. The number of nitrogens with one attached hydrogen (secondary N) is 4. The first-order valence-corrected chi connectivity index (χ1v) is 39.3. The molecule has 137 heavy (non-hydrogen) atoms. The summed E-state index contributed by atoms with van der Waals surface area (Å²) in [6.07, 6.45) is 7.14. The van der Waals surface area contributed by atoms with Gasteiger partial charge in [0.15, 0.2) is 140 Å². The highest BCUT2D eigenvalue weighted by atomic mass is 19.2. The Bertz CT molecular complexity index is 7460. The van der Waals surface area contributed by atoms with Crippen molar-refractivity contribution in [1.82, 2.24) is 39.9 Å². The Kier molecular flexibility index (Phi) is 23.1. The summed E-state index contributed by atoms with van der Waals surface area (Å²) in [6.45, 7) is -0.661. The number of ether oxygens (including phenoxy) is 2. The molecule has 0 spiro atoms. The zero-order valence-electron chi connectivity index (χ0n) is 67.2. The van der Waals surface area contributed by atoms with Gasteiger partial charge in [-0.15, -0.1) is 0 Å². The van der Waals surface area contributed by atoms with Crippen LogP contribution in [0.15, 0.2) is 97.1 Å². The van der Waals surface area contributed by atoms with E-state index in [-0.39, 0.29) is 88.3 Å². The van der Waals surface area contributed by atoms with Crippen LogP contribution in [-0.4, -0.2) is 65.0 Å². The fourth-order valence-electron chi connectivity index (χ4n) is 16.0. The number of H-pyrrole nitrogens is 4. The minimum Gasteiger partial charge on any atom is -0.462 e. The van der Waals surface area contributed by atoms with Crippen LogP contribution in [0.5, 0.6) is 0 Å². The maximum atomic E-state index is 16.3. The normalized spacial score (nSPS) is 12.2. The van der Waals surface area contributed by atoms with Crippen molar-refractivity contribution in [3.63, 3.8) is 0 Å². The first-order valence-electron chi connectivity index (χ1n) is 39.3. The fourth-order valence-corrected chi connectivity index (χ4v) is 16.0. The number of aromatic amines is 4. The number of fused-ring (bicyclic) bond motifs is 16. The van der Waals surface area contributed by atoms with Crippen molar-refractivity contribution in [2.45, 2.75) is 19.3 Å². The van der Waals surface area contributed by atoms with Crippen molar-refractivity contribution in [2.24, 2.45) is 0 Å². The van der Waals surface area contributed by atoms with Gasteiger partial charge in [0.05, 0.1) is 103 Å². The van der Waals surface area contributed by atoms with Crippen LogP contribution in [0.3, 0.4) is 0 Å². The molecule has 0 fully saturated rings. The summed E-state index contributed by atoms with van der Waals surface area (Å²) in [5, 5.41) is 0. The van der Waals surface area contributed by atoms with Crippen molar-refractivity contribution in [3.8, 4) is 89.0 Å². The molecule has 692 valence electrons.